The first kappa shape index (κ1) is 16.9. The van der Waals surface area contributed by atoms with Crippen LogP contribution in [0.2, 0.25) is 0 Å². The van der Waals surface area contributed by atoms with E-state index in [-0.39, 0.29) is 0 Å². The molecule has 0 spiro atoms. The second-order valence-electron chi connectivity index (χ2n) is 4.49. The molecule has 0 atom stereocenters. The third-order valence-corrected chi connectivity index (χ3v) is 2.66. The van der Waals surface area contributed by atoms with E-state index >= 15 is 0 Å². The van der Waals surface area contributed by atoms with Gasteiger partial charge in [0, 0.05) is 33.1 Å². The molecule has 0 aliphatic rings. The number of hydrogen-bond acceptors (Lipinski definition) is 5. The smallest absolute Gasteiger partial charge is 0.125 e. The summed E-state index contributed by atoms with van der Waals surface area (Å²) in [5, 5.41) is 3.24. The van der Waals surface area contributed by atoms with Crippen LogP contribution in [0.25, 0.3) is 0 Å². The van der Waals surface area contributed by atoms with Gasteiger partial charge in [-0.2, -0.15) is 0 Å². The van der Waals surface area contributed by atoms with Crippen molar-refractivity contribution in [1.82, 2.24) is 4.98 Å². The Morgan fingerprint density at radius 3 is 2.65 bits per heavy atom. The number of methoxy groups -OCH3 is 1. The Kier molecular flexibility index (Phi) is 9.83. The van der Waals surface area contributed by atoms with E-state index in [1.165, 1.54) is 0 Å². The number of nitrogens with zero attached hydrogens (tertiary/aromatic N) is 1. The molecule has 1 heterocycles. The lowest BCUT2D eigenvalue weighted by atomic mass is 10.3. The standard InChI is InChI=1S/C15H26N2O3/c1-3-7-16-15-6-5-14(12-17-15)13-20-11-10-19-9-4-8-18-2/h5-6,12H,3-4,7-11,13H2,1-2H3,(H,16,17). The largest absolute Gasteiger partial charge is 0.385 e. The molecular formula is C15H26N2O3. The van der Waals surface area contributed by atoms with Gasteiger partial charge >= 0.3 is 0 Å². The maximum Gasteiger partial charge on any atom is 0.125 e. The first-order valence-corrected chi connectivity index (χ1v) is 7.20. The second-order valence-corrected chi connectivity index (χ2v) is 4.49. The number of rotatable bonds is 12. The number of aromatic nitrogens is 1. The van der Waals surface area contributed by atoms with E-state index in [2.05, 4.69) is 17.2 Å². The lowest BCUT2D eigenvalue weighted by molar-refractivity contribution is 0.0336. The zero-order chi connectivity index (χ0) is 14.5. The SMILES string of the molecule is CCCNc1ccc(COCCOCCCOC)cn1. The topological polar surface area (TPSA) is 52.6 Å². The molecule has 0 radical (unpaired) electrons. The van der Waals surface area contributed by atoms with Crippen LogP contribution in [0.15, 0.2) is 18.3 Å². The van der Waals surface area contributed by atoms with Crippen molar-refractivity contribution < 1.29 is 14.2 Å². The molecule has 5 heteroatoms. The van der Waals surface area contributed by atoms with E-state index in [0.717, 1.165) is 44.0 Å². The minimum absolute atomic E-state index is 0.572. The summed E-state index contributed by atoms with van der Waals surface area (Å²) in [6.07, 6.45) is 3.86. The van der Waals surface area contributed by atoms with E-state index < -0.39 is 0 Å². The van der Waals surface area contributed by atoms with E-state index in [4.69, 9.17) is 14.2 Å². The molecule has 1 rings (SSSR count). The molecule has 0 fully saturated rings. The normalized spacial score (nSPS) is 10.7. The lowest BCUT2D eigenvalue weighted by Gasteiger charge is -2.07. The third-order valence-electron chi connectivity index (χ3n) is 2.66. The molecule has 0 amide bonds. The van der Waals surface area contributed by atoms with Gasteiger partial charge < -0.3 is 19.5 Å². The first-order chi connectivity index (χ1) is 9.86. The maximum atomic E-state index is 5.53. The Balaban J connectivity index is 2.04. The summed E-state index contributed by atoms with van der Waals surface area (Å²) in [6.45, 7) is 6.33. The van der Waals surface area contributed by atoms with Crippen LogP contribution in [0.4, 0.5) is 5.82 Å². The summed E-state index contributed by atoms with van der Waals surface area (Å²) < 4.78 is 15.9. The van der Waals surface area contributed by atoms with Gasteiger partial charge in [0.1, 0.15) is 5.82 Å². The Hall–Kier alpha value is -1.17. The zero-order valence-electron chi connectivity index (χ0n) is 12.6. The van der Waals surface area contributed by atoms with Gasteiger partial charge in [0.25, 0.3) is 0 Å². The molecule has 1 N–H and O–H groups in total. The second kappa shape index (κ2) is 11.6. The van der Waals surface area contributed by atoms with Crippen molar-refractivity contribution in [3.8, 4) is 0 Å². The van der Waals surface area contributed by atoms with Crippen molar-refractivity contribution in [3.63, 3.8) is 0 Å². The van der Waals surface area contributed by atoms with Crippen molar-refractivity contribution in [1.29, 1.82) is 0 Å². The van der Waals surface area contributed by atoms with Crippen LogP contribution in [0, 0.1) is 0 Å². The van der Waals surface area contributed by atoms with Gasteiger partial charge in [-0.3, -0.25) is 0 Å². The quantitative estimate of drug-likeness (QED) is 0.597. The summed E-state index contributed by atoms with van der Waals surface area (Å²) in [4.78, 5) is 4.33. The fourth-order valence-electron chi connectivity index (χ4n) is 1.58. The van der Waals surface area contributed by atoms with Crippen LogP contribution < -0.4 is 5.32 Å². The highest BCUT2D eigenvalue weighted by atomic mass is 16.5. The number of ether oxygens (including phenoxy) is 3. The van der Waals surface area contributed by atoms with Crippen LogP contribution in [0.3, 0.4) is 0 Å². The van der Waals surface area contributed by atoms with Crippen LogP contribution in [-0.2, 0) is 20.8 Å². The summed E-state index contributed by atoms with van der Waals surface area (Å²) >= 11 is 0. The Morgan fingerprint density at radius 2 is 1.95 bits per heavy atom. The summed E-state index contributed by atoms with van der Waals surface area (Å²) in [5.74, 6) is 0.914. The minimum atomic E-state index is 0.572. The zero-order valence-corrected chi connectivity index (χ0v) is 12.6. The third kappa shape index (κ3) is 8.09. The van der Waals surface area contributed by atoms with Gasteiger partial charge in [0.05, 0.1) is 19.8 Å². The van der Waals surface area contributed by atoms with E-state index in [9.17, 15) is 0 Å². The number of pyridine rings is 1. The molecule has 0 bridgehead atoms. The highest BCUT2D eigenvalue weighted by Gasteiger charge is 1.96. The van der Waals surface area contributed by atoms with Crippen molar-refractivity contribution in [3.05, 3.63) is 23.9 Å². The minimum Gasteiger partial charge on any atom is -0.385 e. The first-order valence-electron chi connectivity index (χ1n) is 7.20. The van der Waals surface area contributed by atoms with Gasteiger partial charge in [0.15, 0.2) is 0 Å². The average Bonchev–Trinajstić information content (AvgIpc) is 2.49. The van der Waals surface area contributed by atoms with Gasteiger partial charge in [-0.25, -0.2) is 4.98 Å². The summed E-state index contributed by atoms with van der Waals surface area (Å²) in [7, 11) is 1.69. The molecule has 0 saturated heterocycles. The molecule has 0 saturated carbocycles. The Bertz CT molecular complexity index is 330. The van der Waals surface area contributed by atoms with Gasteiger partial charge in [-0.1, -0.05) is 13.0 Å². The van der Waals surface area contributed by atoms with Crippen molar-refractivity contribution in [2.45, 2.75) is 26.4 Å². The molecule has 0 unspecified atom stereocenters. The molecule has 5 nitrogen and oxygen atoms in total. The molecule has 1 aromatic heterocycles. The fraction of sp³-hybridized carbons (Fsp3) is 0.667. The molecule has 114 valence electrons. The average molecular weight is 282 g/mol. The molecule has 20 heavy (non-hydrogen) atoms. The number of anilines is 1. The predicted molar refractivity (Wildman–Crippen MR) is 80.0 cm³/mol. The van der Waals surface area contributed by atoms with Crippen molar-refractivity contribution in [2.75, 3.05) is 45.4 Å². The fourth-order valence-corrected chi connectivity index (χ4v) is 1.58. The van der Waals surface area contributed by atoms with E-state index in [0.29, 0.717) is 19.8 Å². The van der Waals surface area contributed by atoms with Gasteiger partial charge in [0.2, 0.25) is 0 Å². The Labute approximate surface area is 121 Å². The monoisotopic (exact) mass is 282 g/mol. The summed E-state index contributed by atoms with van der Waals surface area (Å²) in [5.41, 5.74) is 1.08. The molecule has 0 aromatic carbocycles. The number of hydrogen-bond donors (Lipinski definition) is 1. The molecular weight excluding hydrogens is 256 g/mol. The van der Waals surface area contributed by atoms with E-state index in [1.54, 1.807) is 7.11 Å². The molecule has 1 aromatic rings. The van der Waals surface area contributed by atoms with Crippen molar-refractivity contribution >= 4 is 5.82 Å². The number of nitrogens with one attached hydrogen (secondary N) is 1. The van der Waals surface area contributed by atoms with Crippen LogP contribution in [0.1, 0.15) is 25.3 Å². The van der Waals surface area contributed by atoms with Crippen LogP contribution in [-0.4, -0.2) is 45.1 Å². The van der Waals surface area contributed by atoms with Gasteiger partial charge in [-0.15, -0.1) is 0 Å². The highest BCUT2D eigenvalue weighted by Crippen LogP contribution is 2.06. The Morgan fingerprint density at radius 1 is 1.10 bits per heavy atom. The van der Waals surface area contributed by atoms with Crippen LogP contribution >= 0.6 is 0 Å². The lowest BCUT2D eigenvalue weighted by Crippen LogP contribution is -2.07. The maximum absolute atomic E-state index is 5.53. The highest BCUT2D eigenvalue weighted by molar-refractivity contribution is 5.35. The predicted octanol–water partition coefficient (Wildman–Crippen LogP) is 2.47. The molecule has 0 aliphatic carbocycles. The van der Waals surface area contributed by atoms with Crippen molar-refractivity contribution in [2.24, 2.45) is 0 Å². The van der Waals surface area contributed by atoms with E-state index in [1.807, 2.05) is 18.3 Å². The van der Waals surface area contributed by atoms with Gasteiger partial charge in [-0.05, 0) is 24.5 Å². The molecule has 0 aliphatic heterocycles. The van der Waals surface area contributed by atoms with Crippen LogP contribution in [0.5, 0.6) is 0 Å². The summed E-state index contributed by atoms with van der Waals surface area (Å²) in [6, 6.07) is 4.01.